The zero-order valence-electron chi connectivity index (χ0n) is 8.92. The van der Waals surface area contributed by atoms with Crippen molar-refractivity contribution < 1.29 is 17.1 Å². The third kappa shape index (κ3) is 1.35. The lowest BCUT2D eigenvalue weighted by Gasteiger charge is -2.34. The Hall–Kier alpha value is -0.450. The maximum atomic E-state index is 12.8. The van der Waals surface area contributed by atoms with E-state index in [1.165, 1.54) is 0 Å². The van der Waals surface area contributed by atoms with Crippen molar-refractivity contribution in [2.45, 2.75) is 33.1 Å². The molecule has 0 N–H and O–H groups in total. The molecule has 2 saturated carbocycles. The highest BCUT2D eigenvalue weighted by atomic mass is 32.3. The van der Waals surface area contributed by atoms with Crippen LogP contribution in [-0.4, -0.2) is 20.0 Å². The summed E-state index contributed by atoms with van der Waals surface area (Å²) in [7, 11) is -4.58. The minimum absolute atomic E-state index is 0.0648. The van der Waals surface area contributed by atoms with Gasteiger partial charge in [-0.25, -0.2) is 0 Å². The lowest BCUT2D eigenvalue weighted by molar-refractivity contribution is -0.128. The van der Waals surface area contributed by atoms with Gasteiger partial charge in [0.1, 0.15) is 5.78 Å². The van der Waals surface area contributed by atoms with E-state index in [0.717, 1.165) is 6.42 Å². The maximum Gasteiger partial charge on any atom is 0.303 e. The molecule has 0 spiro atoms. The van der Waals surface area contributed by atoms with Gasteiger partial charge in [-0.2, -0.15) is 8.42 Å². The van der Waals surface area contributed by atoms with Crippen LogP contribution in [0, 0.1) is 16.7 Å². The van der Waals surface area contributed by atoms with E-state index in [-0.39, 0.29) is 17.1 Å². The Morgan fingerprint density at radius 2 is 2.07 bits per heavy atom. The van der Waals surface area contributed by atoms with Gasteiger partial charge in [0.15, 0.2) is 0 Å². The molecule has 2 aliphatic rings. The number of carbonyl (C=O) groups is 1. The van der Waals surface area contributed by atoms with E-state index in [1.54, 1.807) is 0 Å². The predicted octanol–water partition coefficient (Wildman–Crippen LogP) is 1.68. The Balaban J connectivity index is 2.45. The Morgan fingerprint density at radius 1 is 1.47 bits per heavy atom. The Kier molecular flexibility index (Phi) is 2.07. The fraction of sp³-hybridized carbons (Fsp3) is 0.900. The summed E-state index contributed by atoms with van der Waals surface area (Å²) in [5.74, 6) is -0.459. The average Bonchev–Trinajstić information content (AvgIpc) is 2.34. The molecule has 0 heterocycles. The van der Waals surface area contributed by atoms with Crippen LogP contribution >= 0.6 is 0 Å². The van der Waals surface area contributed by atoms with Gasteiger partial charge < -0.3 is 0 Å². The predicted molar refractivity (Wildman–Crippen MR) is 53.5 cm³/mol. The molecule has 0 aromatic rings. The van der Waals surface area contributed by atoms with Crippen LogP contribution in [0.25, 0.3) is 0 Å². The highest BCUT2D eigenvalue weighted by molar-refractivity contribution is 7.86. The van der Waals surface area contributed by atoms with Crippen LogP contribution in [0.2, 0.25) is 0 Å². The third-order valence-corrected chi connectivity index (χ3v) is 5.40. The second-order valence-electron chi connectivity index (χ2n) is 5.35. The van der Waals surface area contributed by atoms with Gasteiger partial charge in [0.25, 0.3) is 0 Å². The van der Waals surface area contributed by atoms with E-state index in [1.807, 2.05) is 13.8 Å². The summed E-state index contributed by atoms with van der Waals surface area (Å²) in [6, 6.07) is 0. The van der Waals surface area contributed by atoms with Gasteiger partial charge in [0.2, 0.25) is 0 Å². The minimum atomic E-state index is -4.58. The molecule has 0 aliphatic heterocycles. The smallest absolute Gasteiger partial charge is 0.299 e. The zero-order valence-corrected chi connectivity index (χ0v) is 9.73. The molecule has 15 heavy (non-hydrogen) atoms. The van der Waals surface area contributed by atoms with Crippen LogP contribution in [-0.2, 0) is 15.0 Å². The molecule has 2 fully saturated rings. The summed E-state index contributed by atoms with van der Waals surface area (Å²) >= 11 is 0. The number of carbonyl (C=O) groups excluding carboxylic acids is 1. The Bertz CT molecular complexity index is 412. The van der Waals surface area contributed by atoms with Crippen LogP contribution in [0.1, 0.15) is 33.1 Å². The van der Waals surface area contributed by atoms with Crippen molar-refractivity contribution in [3.8, 4) is 0 Å². The normalized spacial score (nSPS) is 38.6. The molecular formula is C10H15FO3S. The number of ketones is 1. The van der Waals surface area contributed by atoms with Crippen molar-refractivity contribution >= 4 is 16.0 Å². The lowest BCUT2D eigenvalue weighted by atomic mass is 9.70. The third-order valence-electron chi connectivity index (χ3n) is 4.56. The molecule has 0 unspecified atom stereocenters. The molecule has 0 aromatic carbocycles. The highest BCUT2D eigenvalue weighted by Crippen LogP contribution is 2.64. The first-order valence-corrected chi connectivity index (χ1v) is 6.70. The second kappa shape index (κ2) is 2.81. The average molecular weight is 234 g/mol. The van der Waals surface area contributed by atoms with Crippen LogP contribution in [0.5, 0.6) is 0 Å². The molecule has 0 saturated heterocycles. The molecule has 5 heteroatoms. The number of fused-ring (bicyclic) bond motifs is 2. The van der Waals surface area contributed by atoms with Crippen LogP contribution in [0.4, 0.5) is 3.89 Å². The topological polar surface area (TPSA) is 51.2 Å². The molecule has 2 bridgehead atoms. The Morgan fingerprint density at radius 3 is 2.40 bits per heavy atom. The SMILES string of the molecule is CC1(C)[C@@H]2CC[C@]1(CS(=O)(=O)F)C(=O)C2. The van der Waals surface area contributed by atoms with Gasteiger partial charge in [0.05, 0.1) is 11.2 Å². The van der Waals surface area contributed by atoms with Gasteiger partial charge >= 0.3 is 10.2 Å². The molecule has 0 aromatic heterocycles. The van der Waals surface area contributed by atoms with E-state index < -0.39 is 21.4 Å². The summed E-state index contributed by atoms with van der Waals surface area (Å²) in [4.78, 5) is 11.8. The number of Topliss-reactive ketones (excluding diaryl/α,β-unsaturated/α-hetero) is 1. The quantitative estimate of drug-likeness (QED) is 0.683. The van der Waals surface area contributed by atoms with E-state index in [9.17, 15) is 17.1 Å². The van der Waals surface area contributed by atoms with Gasteiger partial charge in [-0.15, -0.1) is 3.89 Å². The van der Waals surface area contributed by atoms with Crippen LogP contribution < -0.4 is 0 Å². The fourth-order valence-corrected chi connectivity index (χ4v) is 4.67. The van der Waals surface area contributed by atoms with Gasteiger partial charge in [-0.1, -0.05) is 13.8 Å². The molecule has 0 amide bonds. The first kappa shape index (κ1) is 11.0. The first-order chi connectivity index (χ1) is 6.69. The number of hydrogen-bond donors (Lipinski definition) is 0. The van der Waals surface area contributed by atoms with Crippen molar-refractivity contribution in [1.82, 2.24) is 0 Å². The summed E-state index contributed by atoms with van der Waals surface area (Å²) in [5.41, 5.74) is -1.32. The van der Waals surface area contributed by atoms with E-state index in [4.69, 9.17) is 0 Å². The van der Waals surface area contributed by atoms with E-state index in [0.29, 0.717) is 12.8 Å². The second-order valence-corrected chi connectivity index (χ2v) is 6.72. The maximum absolute atomic E-state index is 12.8. The molecule has 2 aliphatic carbocycles. The first-order valence-electron chi connectivity index (χ1n) is 5.15. The van der Waals surface area contributed by atoms with Crippen LogP contribution in [0.15, 0.2) is 0 Å². The summed E-state index contributed by atoms with van der Waals surface area (Å²) < 4.78 is 34.4. The number of halogens is 1. The Labute approximate surface area is 89.3 Å². The zero-order chi connectivity index (χ0) is 11.5. The van der Waals surface area contributed by atoms with Crippen molar-refractivity contribution in [3.05, 3.63) is 0 Å². The minimum Gasteiger partial charge on any atom is -0.299 e. The fourth-order valence-electron chi connectivity index (χ4n) is 3.40. The summed E-state index contributed by atoms with van der Waals surface area (Å²) in [6.07, 6.45) is 1.78. The van der Waals surface area contributed by atoms with Crippen molar-refractivity contribution in [2.24, 2.45) is 16.7 Å². The van der Waals surface area contributed by atoms with Gasteiger partial charge in [-0.3, -0.25) is 4.79 Å². The van der Waals surface area contributed by atoms with E-state index in [2.05, 4.69) is 0 Å². The molecule has 2 atom stereocenters. The molecule has 86 valence electrons. The van der Waals surface area contributed by atoms with Gasteiger partial charge in [-0.05, 0) is 24.2 Å². The van der Waals surface area contributed by atoms with Crippen molar-refractivity contribution in [2.75, 3.05) is 5.75 Å². The molecule has 2 rings (SSSR count). The van der Waals surface area contributed by atoms with Gasteiger partial charge in [0, 0.05) is 6.42 Å². The largest absolute Gasteiger partial charge is 0.303 e. The number of rotatable bonds is 2. The molecule has 0 radical (unpaired) electrons. The monoisotopic (exact) mass is 234 g/mol. The van der Waals surface area contributed by atoms with Crippen LogP contribution in [0.3, 0.4) is 0 Å². The lowest BCUT2D eigenvalue weighted by Crippen LogP contribution is -2.41. The van der Waals surface area contributed by atoms with E-state index >= 15 is 0 Å². The number of hydrogen-bond acceptors (Lipinski definition) is 3. The highest BCUT2D eigenvalue weighted by Gasteiger charge is 2.65. The van der Waals surface area contributed by atoms with Crippen molar-refractivity contribution in [1.29, 1.82) is 0 Å². The van der Waals surface area contributed by atoms with Crippen molar-refractivity contribution in [3.63, 3.8) is 0 Å². The summed E-state index contributed by atoms with van der Waals surface area (Å²) in [6.45, 7) is 3.78. The molecule has 3 nitrogen and oxygen atoms in total. The summed E-state index contributed by atoms with van der Waals surface area (Å²) in [5, 5.41) is 0. The standard InChI is InChI=1S/C10H15FO3S/c1-9(2)7-3-4-10(9,8(12)5-7)6-15(11,13)14/h7H,3-6H2,1-2H3/t7-,10+/m1/s1. The molecular weight excluding hydrogens is 219 g/mol.